The summed E-state index contributed by atoms with van der Waals surface area (Å²) in [4.78, 5) is 5.14. The maximum atomic E-state index is 9.91. The van der Waals surface area contributed by atoms with Crippen LogP contribution >= 0.6 is 11.3 Å². The Morgan fingerprint density at radius 1 is 1.26 bits per heavy atom. The third kappa shape index (κ3) is 3.33. The number of aliphatic hydroxyl groups is 1. The van der Waals surface area contributed by atoms with E-state index in [4.69, 9.17) is 4.74 Å². The first-order valence-corrected chi connectivity index (χ1v) is 7.06. The van der Waals surface area contributed by atoms with E-state index in [2.05, 4.69) is 4.98 Å². The van der Waals surface area contributed by atoms with Gasteiger partial charge >= 0.3 is 0 Å². The van der Waals surface area contributed by atoms with Gasteiger partial charge in [0.1, 0.15) is 17.4 Å². The normalized spacial score (nSPS) is 11.6. The maximum Gasteiger partial charge on any atom is 0.140 e. The van der Waals surface area contributed by atoms with Crippen LogP contribution in [-0.4, -0.2) is 10.1 Å². The van der Waals surface area contributed by atoms with Gasteiger partial charge in [-0.1, -0.05) is 18.2 Å². The molecule has 0 aliphatic heterocycles. The Kier molecular flexibility index (Phi) is 3.92. The van der Waals surface area contributed by atoms with E-state index in [9.17, 15) is 5.11 Å². The molecule has 4 heteroatoms. The molecule has 0 spiro atoms. The number of ether oxygens (including phenoxy) is 1. The van der Waals surface area contributed by atoms with Crippen LogP contribution in [-0.2, 0) is 12.2 Å². The van der Waals surface area contributed by atoms with E-state index in [1.165, 1.54) is 11.3 Å². The zero-order valence-corrected chi connectivity index (χ0v) is 12.5. The molecule has 0 radical (unpaired) electrons. The minimum Gasteiger partial charge on any atom is -0.486 e. The van der Waals surface area contributed by atoms with Crippen LogP contribution in [0.15, 0.2) is 24.4 Å². The second-order valence-electron chi connectivity index (χ2n) is 5.19. The second-order valence-corrected chi connectivity index (χ2v) is 6.30. The van der Waals surface area contributed by atoms with Gasteiger partial charge in [-0.25, -0.2) is 4.98 Å². The van der Waals surface area contributed by atoms with Crippen molar-refractivity contribution in [3.05, 3.63) is 45.4 Å². The molecular weight excluding hydrogens is 258 g/mol. The number of para-hydroxylation sites is 1. The predicted octanol–water partition coefficient (Wildman–Crippen LogP) is 3.57. The Balaban J connectivity index is 2.09. The lowest BCUT2D eigenvalue weighted by Crippen LogP contribution is -2.12. The number of hydrogen-bond donors (Lipinski definition) is 1. The van der Waals surface area contributed by atoms with Gasteiger partial charge in [-0.05, 0) is 38.8 Å². The van der Waals surface area contributed by atoms with Crippen molar-refractivity contribution in [3.8, 4) is 5.75 Å². The molecule has 102 valence electrons. The van der Waals surface area contributed by atoms with E-state index in [1.807, 2.05) is 32.0 Å². The van der Waals surface area contributed by atoms with E-state index in [0.29, 0.717) is 6.61 Å². The zero-order valence-electron chi connectivity index (χ0n) is 11.7. The van der Waals surface area contributed by atoms with Gasteiger partial charge in [-0.2, -0.15) is 0 Å². The first-order chi connectivity index (χ1) is 8.88. The third-order valence-corrected chi connectivity index (χ3v) is 4.19. The van der Waals surface area contributed by atoms with Gasteiger partial charge in [0.15, 0.2) is 0 Å². The van der Waals surface area contributed by atoms with Gasteiger partial charge in [0.05, 0.1) is 10.5 Å². The number of benzene rings is 1. The van der Waals surface area contributed by atoms with Gasteiger partial charge in [-0.15, -0.1) is 11.3 Å². The van der Waals surface area contributed by atoms with Crippen molar-refractivity contribution in [2.75, 3.05) is 0 Å². The van der Waals surface area contributed by atoms with Gasteiger partial charge in [0, 0.05) is 6.20 Å². The topological polar surface area (TPSA) is 42.4 Å². The standard InChI is InChI=1S/C15H19NO2S/c1-10-6-5-7-11(2)14(10)18-9-13-16-8-12(19-13)15(3,4)17/h5-8,17H,9H2,1-4H3. The fourth-order valence-electron chi connectivity index (χ4n) is 1.82. The quantitative estimate of drug-likeness (QED) is 0.929. The van der Waals surface area contributed by atoms with Gasteiger partial charge in [-0.3, -0.25) is 0 Å². The number of nitrogens with zero attached hydrogens (tertiary/aromatic N) is 1. The average molecular weight is 277 g/mol. The van der Waals surface area contributed by atoms with Crippen molar-refractivity contribution in [1.82, 2.24) is 4.98 Å². The van der Waals surface area contributed by atoms with E-state index >= 15 is 0 Å². The molecule has 1 aromatic heterocycles. The van der Waals surface area contributed by atoms with Gasteiger partial charge in [0.25, 0.3) is 0 Å². The molecule has 1 aromatic carbocycles. The molecule has 0 amide bonds. The van der Waals surface area contributed by atoms with Gasteiger partial charge < -0.3 is 9.84 Å². The van der Waals surface area contributed by atoms with Crippen LogP contribution in [0.1, 0.15) is 34.9 Å². The predicted molar refractivity (Wildman–Crippen MR) is 77.6 cm³/mol. The molecule has 0 saturated heterocycles. The number of hydrogen-bond acceptors (Lipinski definition) is 4. The lowest BCUT2D eigenvalue weighted by atomic mass is 10.1. The molecule has 1 heterocycles. The lowest BCUT2D eigenvalue weighted by Gasteiger charge is -2.13. The van der Waals surface area contributed by atoms with Crippen molar-refractivity contribution in [2.45, 2.75) is 39.9 Å². The van der Waals surface area contributed by atoms with Crippen molar-refractivity contribution in [3.63, 3.8) is 0 Å². The number of aryl methyl sites for hydroxylation is 2. The molecule has 3 nitrogen and oxygen atoms in total. The first kappa shape index (κ1) is 14.0. The Morgan fingerprint density at radius 2 is 1.89 bits per heavy atom. The van der Waals surface area contributed by atoms with Crippen molar-refractivity contribution in [2.24, 2.45) is 0 Å². The Labute approximate surface area is 117 Å². The molecule has 2 aromatic rings. The van der Waals surface area contributed by atoms with Crippen LogP contribution in [0.3, 0.4) is 0 Å². The Hall–Kier alpha value is -1.39. The van der Waals surface area contributed by atoms with E-state index in [-0.39, 0.29) is 0 Å². The highest BCUT2D eigenvalue weighted by Crippen LogP contribution is 2.28. The minimum absolute atomic E-state index is 0.437. The molecule has 0 fully saturated rings. The summed E-state index contributed by atoms with van der Waals surface area (Å²) in [6.07, 6.45) is 1.72. The van der Waals surface area contributed by atoms with Crippen LogP contribution in [0.25, 0.3) is 0 Å². The smallest absolute Gasteiger partial charge is 0.140 e. The lowest BCUT2D eigenvalue weighted by molar-refractivity contribution is 0.0823. The summed E-state index contributed by atoms with van der Waals surface area (Å²) < 4.78 is 5.85. The Morgan fingerprint density at radius 3 is 2.42 bits per heavy atom. The summed E-state index contributed by atoms with van der Waals surface area (Å²) in [6, 6.07) is 6.09. The van der Waals surface area contributed by atoms with Crippen LogP contribution < -0.4 is 4.74 Å². The number of rotatable bonds is 4. The third-order valence-electron chi connectivity index (χ3n) is 2.91. The van der Waals surface area contributed by atoms with Crippen LogP contribution in [0.2, 0.25) is 0 Å². The summed E-state index contributed by atoms with van der Waals surface area (Å²) in [5.74, 6) is 0.919. The van der Waals surface area contributed by atoms with Gasteiger partial charge in [0.2, 0.25) is 0 Å². The number of aromatic nitrogens is 1. The van der Waals surface area contributed by atoms with Crippen molar-refractivity contribution < 1.29 is 9.84 Å². The SMILES string of the molecule is Cc1cccc(C)c1OCc1ncc(C(C)(C)O)s1. The maximum absolute atomic E-state index is 9.91. The fraction of sp³-hybridized carbons (Fsp3) is 0.400. The van der Waals surface area contributed by atoms with Crippen molar-refractivity contribution in [1.29, 1.82) is 0 Å². The fourth-order valence-corrected chi connectivity index (χ4v) is 2.65. The molecule has 0 aliphatic carbocycles. The highest BCUT2D eigenvalue weighted by molar-refractivity contribution is 7.11. The molecule has 1 N–H and O–H groups in total. The van der Waals surface area contributed by atoms with E-state index in [0.717, 1.165) is 26.8 Å². The summed E-state index contributed by atoms with van der Waals surface area (Å²) in [5.41, 5.74) is 1.41. The summed E-state index contributed by atoms with van der Waals surface area (Å²) in [6.45, 7) is 8.03. The van der Waals surface area contributed by atoms with Crippen LogP contribution in [0, 0.1) is 13.8 Å². The second kappa shape index (κ2) is 5.31. The molecule has 0 atom stereocenters. The minimum atomic E-state index is -0.839. The average Bonchev–Trinajstić information content (AvgIpc) is 2.77. The first-order valence-electron chi connectivity index (χ1n) is 6.24. The molecule has 0 unspecified atom stereocenters. The molecule has 0 aliphatic rings. The highest BCUT2D eigenvalue weighted by atomic mass is 32.1. The molecule has 2 rings (SSSR count). The highest BCUT2D eigenvalue weighted by Gasteiger charge is 2.19. The summed E-state index contributed by atoms with van der Waals surface area (Å²) in [5, 5.41) is 10.8. The molecule has 0 bridgehead atoms. The summed E-state index contributed by atoms with van der Waals surface area (Å²) >= 11 is 1.48. The monoisotopic (exact) mass is 277 g/mol. The largest absolute Gasteiger partial charge is 0.486 e. The van der Waals surface area contributed by atoms with Crippen molar-refractivity contribution >= 4 is 11.3 Å². The van der Waals surface area contributed by atoms with Crippen LogP contribution in [0.5, 0.6) is 5.75 Å². The van der Waals surface area contributed by atoms with E-state index < -0.39 is 5.60 Å². The van der Waals surface area contributed by atoms with E-state index in [1.54, 1.807) is 20.0 Å². The van der Waals surface area contributed by atoms with Crippen LogP contribution in [0.4, 0.5) is 0 Å². The Bertz CT molecular complexity index is 550. The summed E-state index contributed by atoms with van der Waals surface area (Å²) in [7, 11) is 0. The molecule has 19 heavy (non-hydrogen) atoms. The molecule has 0 saturated carbocycles. The number of thiazole rings is 1. The zero-order chi connectivity index (χ0) is 14.0. The molecular formula is C15H19NO2S.